The van der Waals surface area contributed by atoms with Crippen LogP contribution in [0.25, 0.3) is 0 Å². The molecule has 6 nitrogen and oxygen atoms in total. The van der Waals surface area contributed by atoms with Crippen molar-refractivity contribution in [2.24, 2.45) is 0 Å². The number of rotatable bonds is 6. The third-order valence-electron chi connectivity index (χ3n) is 3.38. The van der Waals surface area contributed by atoms with Gasteiger partial charge in [0.1, 0.15) is 0 Å². The summed E-state index contributed by atoms with van der Waals surface area (Å²) in [6.07, 6.45) is 6.00. The normalized spacial score (nSPS) is 11.4. The highest BCUT2D eigenvalue weighted by molar-refractivity contribution is 7.92. The van der Waals surface area contributed by atoms with Crippen LogP contribution in [0.2, 0.25) is 5.02 Å². The Hall–Kier alpha value is -2.38. The van der Waals surface area contributed by atoms with E-state index in [1.165, 1.54) is 24.3 Å². The van der Waals surface area contributed by atoms with E-state index in [0.29, 0.717) is 11.6 Å². The SMILES string of the molecule is O=S(=O)(Nc1ccn(CCc2ccncc2)n1)c1ccc(Cl)cc1. The highest BCUT2D eigenvalue weighted by atomic mass is 35.5. The van der Waals surface area contributed by atoms with Crippen molar-refractivity contribution in [3.8, 4) is 0 Å². The van der Waals surface area contributed by atoms with Gasteiger partial charge in [-0.05, 0) is 48.4 Å². The fourth-order valence-corrected chi connectivity index (χ4v) is 3.27. The summed E-state index contributed by atoms with van der Waals surface area (Å²) >= 11 is 5.78. The molecule has 0 aliphatic heterocycles. The van der Waals surface area contributed by atoms with Gasteiger partial charge < -0.3 is 0 Å². The van der Waals surface area contributed by atoms with Crippen LogP contribution in [0.15, 0.2) is 66.0 Å². The van der Waals surface area contributed by atoms with E-state index < -0.39 is 10.0 Å². The average molecular weight is 363 g/mol. The van der Waals surface area contributed by atoms with Crippen molar-refractivity contribution in [2.45, 2.75) is 17.9 Å². The minimum Gasteiger partial charge on any atom is -0.270 e. The number of sulfonamides is 1. The summed E-state index contributed by atoms with van der Waals surface area (Å²) in [6.45, 7) is 0.646. The summed E-state index contributed by atoms with van der Waals surface area (Å²) < 4.78 is 28.7. The summed E-state index contributed by atoms with van der Waals surface area (Å²) in [4.78, 5) is 4.11. The van der Waals surface area contributed by atoms with Crippen molar-refractivity contribution in [1.29, 1.82) is 0 Å². The van der Waals surface area contributed by atoms with Crippen LogP contribution >= 0.6 is 11.6 Å². The Balaban J connectivity index is 1.66. The quantitative estimate of drug-likeness (QED) is 0.731. The molecule has 0 bridgehead atoms. The summed E-state index contributed by atoms with van der Waals surface area (Å²) in [5, 5.41) is 4.72. The lowest BCUT2D eigenvalue weighted by molar-refractivity contribution is 0.599. The molecule has 0 saturated heterocycles. The van der Waals surface area contributed by atoms with E-state index in [2.05, 4.69) is 14.8 Å². The molecule has 24 heavy (non-hydrogen) atoms. The zero-order chi connectivity index (χ0) is 17.0. The molecule has 3 aromatic rings. The molecule has 0 saturated carbocycles. The maximum absolute atomic E-state index is 12.3. The number of hydrogen-bond acceptors (Lipinski definition) is 4. The number of aromatic nitrogens is 3. The van der Waals surface area contributed by atoms with Crippen LogP contribution in [0.5, 0.6) is 0 Å². The molecule has 2 heterocycles. The maximum Gasteiger partial charge on any atom is 0.263 e. The molecule has 0 radical (unpaired) electrons. The van der Waals surface area contributed by atoms with Crippen molar-refractivity contribution >= 4 is 27.4 Å². The van der Waals surface area contributed by atoms with Crippen molar-refractivity contribution < 1.29 is 8.42 Å². The van der Waals surface area contributed by atoms with E-state index in [4.69, 9.17) is 11.6 Å². The van der Waals surface area contributed by atoms with Crippen LogP contribution in [-0.2, 0) is 23.0 Å². The van der Waals surface area contributed by atoms with Gasteiger partial charge >= 0.3 is 0 Å². The molecule has 0 atom stereocenters. The monoisotopic (exact) mass is 362 g/mol. The lowest BCUT2D eigenvalue weighted by Crippen LogP contribution is -2.13. The van der Waals surface area contributed by atoms with Gasteiger partial charge in [0.25, 0.3) is 10.0 Å². The molecule has 1 aromatic carbocycles. The van der Waals surface area contributed by atoms with Crippen LogP contribution in [0.3, 0.4) is 0 Å². The van der Waals surface area contributed by atoms with Crippen LogP contribution in [0.4, 0.5) is 5.82 Å². The molecular weight excluding hydrogens is 348 g/mol. The lowest BCUT2D eigenvalue weighted by Gasteiger charge is -2.05. The van der Waals surface area contributed by atoms with Gasteiger partial charge in [-0.15, -0.1) is 0 Å². The lowest BCUT2D eigenvalue weighted by atomic mass is 10.2. The first kappa shape index (κ1) is 16.5. The van der Waals surface area contributed by atoms with Crippen LogP contribution < -0.4 is 4.72 Å². The van der Waals surface area contributed by atoms with E-state index in [0.717, 1.165) is 12.0 Å². The minimum atomic E-state index is -3.68. The molecule has 0 aliphatic carbocycles. The first-order chi connectivity index (χ1) is 11.5. The Morgan fingerprint density at radius 1 is 1.04 bits per heavy atom. The first-order valence-corrected chi connectivity index (χ1v) is 9.10. The number of hydrogen-bond donors (Lipinski definition) is 1. The second kappa shape index (κ2) is 7.02. The fraction of sp³-hybridized carbons (Fsp3) is 0.125. The van der Waals surface area contributed by atoms with Crippen molar-refractivity contribution in [1.82, 2.24) is 14.8 Å². The van der Waals surface area contributed by atoms with E-state index in [-0.39, 0.29) is 10.7 Å². The molecule has 0 unspecified atom stereocenters. The van der Waals surface area contributed by atoms with E-state index in [1.54, 1.807) is 29.3 Å². The first-order valence-electron chi connectivity index (χ1n) is 7.24. The Morgan fingerprint density at radius 3 is 2.46 bits per heavy atom. The second-order valence-corrected chi connectivity index (χ2v) is 7.25. The van der Waals surface area contributed by atoms with Gasteiger partial charge in [-0.2, -0.15) is 5.10 Å². The zero-order valence-electron chi connectivity index (χ0n) is 12.6. The minimum absolute atomic E-state index is 0.137. The van der Waals surface area contributed by atoms with Crippen LogP contribution in [0, 0.1) is 0 Å². The van der Waals surface area contributed by atoms with Crippen LogP contribution in [0.1, 0.15) is 5.56 Å². The summed E-state index contributed by atoms with van der Waals surface area (Å²) in [7, 11) is -3.68. The number of nitrogens with zero attached hydrogens (tertiary/aromatic N) is 3. The zero-order valence-corrected chi connectivity index (χ0v) is 14.2. The van der Waals surface area contributed by atoms with Gasteiger partial charge in [0.2, 0.25) is 0 Å². The molecule has 3 rings (SSSR count). The van der Waals surface area contributed by atoms with Gasteiger partial charge in [0, 0.05) is 36.2 Å². The van der Waals surface area contributed by atoms with Gasteiger partial charge in [0.05, 0.1) is 4.90 Å². The average Bonchev–Trinajstić information content (AvgIpc) is 3.01. The number of benzene rings is 1. The summed E-state index contributed by atoms with van der Waals surface area (Å²) in [5.41, 5.74) is 1.14. The van der Waals surface area contributed by atoms with E-state index in [9.17, 15) is 8.42 Å². The highest BCUT2D eigenvalue weighted by Crippen LogP contribution is 2.17. The Morgan fingerprint density at radius 2 is 1.75 bits per heavy atom. The number of aryl methyl sites for hydroxylation is 2. The van der Waals surface area contributed by atoms with Gasteiger partial charge in [0.15, 0.2) is 5.82 Å². The molecular formula is C16H15ClN4O2S. The Kier molecular flexibility index (Phi) is 4.82. The van der Waals surface area contributed by atoms with Crippen molar-refractivity contribution in [3.63, 3.8) is 0 Å². The number of nitrogens with one attached hydrogen (secondary N) is 1. The van der Waals surface area contributed by atoms with Gasteiger partial charge in [-0.1, -0.05) is 11.6 Å². The summed E-state index contributed by atoms with van der Waals surface area (Å²) in [5.74, 6) is 0.277. The standard InChI is InChI=1S/C16H15ClN4O2S/c17-14-1-3-15(4-2-14)24(22,23)20-16-8-12-21(19-16)11-7-13-5-9-18-10-6-13/h1-6,8-10,12H,7,11H2,(H,19,20). The summed E-state index contributed by atoms with van der Waals surface area (Å²) in [6, 6.07) is 11.5. The third kappa shape index (κ3) is 4.12. The number of halogens is 1. The number of pyridine rings is 1. The van der Waals surface area contributed by atoms with Crippen molar-refractivity contribution in [2.75, 3.05) is 4.72 Å². The fourth-order valence-electron chi connectivity index (χ4n) is 2.14. The molecule has 0 aliphatic rings. The molecule has 0 fully saturated rings. The smallest absolute Gasteiger partial charge is 0.263 e. The van der Waals surface area contributed by atoms with Gasteiger partial charge in [-0.3, -0.25) is 14.4 Å². The molecule has 8 heteroatoms. The molecule has 124 valence electrons. The maximum atomic E-state index is 12.3. The van der Waals surface area contributed by atoms with E-state index >= 15 is 0 Å². The Bertz CT molecular complexity index is 909. The largest absolute Gasteiger partial charge is 0.270 e. The van der Waals surface area contributed by atoms with Crippen LogP contribution in [-0.4, -0.2) is 23.2 Å². The molecule has 0 spiro atoms. The molecule has 0 amide bonds. The van der Waals surface area contributed by atoms with E-state index in [1.807, 2.05) is 12.1 Å². The predicted molar refractivity (Wildman–Crippen MR) is 92.4 cm³/mol. The molecule has 2 aromatic heterocycles. The predicted octanol–water partition coefficient (Wildman–Crippen LogP) is 2.98. The second-order valence-electron chi connectivity index (χ2n) is 5.13. The molecule has 1 N–H and O–H groups in total. The van der Waals surface area contributed by atoms with Crippen molar-refractivity contribution in [3.05, 3.63) is 71.6 Å². The Labute approximate surface area is 145 Å². The topological polar surface area (TPSA) is 76.9 Å². The third-order valence-corrected chi connectivity index (χ3v) is 5.01. The van der Waals surface area contributed by atoms with Gasteiger partial charge in [-0.25, -0.2) is 8.42 Å². The highest BCUT2D eigenvalue weighted by Gasteiger charge is 2.15. The number of anilines is 1.